The molecule has 1 aliphatic heterocycles. The Bertz CT molecular complexity index is 1170. The van der Waals surface area contributed by atoms with Crippen LogP contribution in [0, 0.1) is 5.92 Å². The van der Waals surface area contributed by atoms with Crippen molar-refractivity contribution in [3.63, 3.8) is 0 Å². The zero-order valence-corrected chi connectivity index (χ0v) is 20.7. The molecule has 5 rings (SSSR count). The summed E-state index contributed by atoms with van der Waals surface area (Å²) in [5.41, 5.74) is 1.61. The molecule has 0 bridgehead atoms. The number of ether oxygens (including phenoxy) is 1. The van der Waals surface area contributed by atoms with E-state index in [4.69, 9.17) is 4.74 Å². The third kappa shape index (κ3) is 6.67. The van der Waals surface area contributed by atoms with Gasteiger partial charge in [0.1, 0.15) is 5.01 Å². The van der Waals surface area contributed by atoms with E-state index in [0.29, 0.717) is 34.9 Å². The number of carbonyl (C=O) groups is 2. The number of aromatic nitrogens is 5. The zero-order valence-electron chi connectivity index (χ0n) is 19.9. The molecule has 36 heavy (non-hydrogen) atoms. The van der Waals surface area contributed by atoms with Crippen molar-refractivity contribution in [2.75, 3.05) is 17.2 Å². The van der Waals surface area contributed by atoms with Crippen molar-refractivity contribution >= 4 is 34.1 Å². The van der Waals surface area contributed by atoms with E-state index in [1.54, 1.807) is 12.3 Å². The van der Waals surface area contributed by atoms with Gasteiger partial charge in [-0.2, -0.15) is 5.10 Å². The van der Waals surface area contributed by atoms with Gasteiger partial charge >= 0.3 is 0 Å². The van der Waals surface area contributed by atoms with E-state index < -0.39 is 0 Å². The smallest absolute Gasteiger partial charge is 0.231 e. The van der Waals surface area contributed by atoms with Crippen LogP contribution in [0.3, 0.4) is 0 Å². The van der Waals surface area contributed by atoms with Gasteiger partial charge < -0.3 is 15.4 Å². The normalized spacial score (nSPS) is 21.4. The number of hydrogen-bond donors (Lipinski definition) is 2. The maximum Gasteiger partial charge on any atom is 0.231 e. The fourth-order valence-corrected chi connectivity index (χ4v) is 5.71. The SMILES string of the molecule is O=C(Cc1ccccn1)Nc1ccc(CC2CCC(c3nnc(NC(=O)C[C@H]4CCCO4)s3)C2)nn1. The Kier molecular flexibility index (Phi) is 7.87. The summed E-state index contributed by atoms with van der Waals surface area (Å²) in [7, 11) is 0. The molecule has 2 amide bonds. The number of pyridine rings is 1. The Labute approximate surface area is 213 Å². The first-order chi connectivity index (χ1) is 17.6. The largest absolute Gasteiger partial charge is 0.378 e. The summed E-state index contributed by atoms with van der Waals surface area (Å²) in [5, 5.41) is 24.2. The summed E-state index contributed by atoms with van der Waals surface area (Å²) in [6.45, 7) is 0.739. The first kappa shape index (κ1) is 24.4. The first-order valence-corrected chi connectivity index (χ1v) is 13.2. The van der Waals surface area contributed by atoms with Gasteiger partial charge in [0.15, 0.2) is 5.82 Å². The molecular weight excluding hydrogens is 478 g/mol. The lowest BCUT2D eigenvalue weighted by Crippen LogP contribution is -2.19. The number of nitrogens with one attached hydrogen (secondary N) is 2. The van der Waals surface area contributed by atoms with Crippen LogP contribution in [0.5, 0.6) is 0 Å². The topological polar surface area (TPSA) is 132 Å². The molecule has 188 valence electrons. The number of amides is 2. The van der Waals surface area contributed by atoms with Crippen molar-refractivity contribution < 1.29 is 14.3 Å². The minimum absolute atomic E-state index is 0.0213. The summed E-state index contributed by atoms with van der Waals surface area (Å²) in [4.78, 5) is 28.6. The Morgan fingerprint density at radius 1 is 0.972 bits per heavy atom. The van der Waals surface area contributed by atoms with Gasteiger partial charge in [-0.15, -0.1) is 15.3 Å². The molecule has 0 radical (unpaired) electrons. The summed E-state index contributed by atoms with van der Waals surface area (Å²) >= 11 is 1.47. The fourth-order valence-electron chi connectivity index (χ4n) is 4.80. The van der Waals surface area contributed by atoms with Crippen molar-refractivity contribution in [2.24, 2.45) is 5.92 Å². The number of carbonyl (C=O) groups excluding carboxylic acids is 2. The van der Waals surface area contributed by atoms with Gasteiger partial charge in [-0.3, -0.25) is 14.6 Å². The van der Waals surface area contributed by atoms with Crippen molar-refractivity contribution in [1.82, 2.24) is 25.4 Å². The summed E-state index contributed by atoms with van der Waals surface area (Å²) in [5.74, 6) is 1.02. The van der Waals surface area contributed by atoms with Crippen LogP contribution in [0.25, 0.3) is 0 Å². The lowest BCUT2D eigenvalue weighted by Gasteiger charge is -2.09. The lowest BCUT2D eigenvalue weighted by atomic mass is 10.00. The molecule has 2 N–H and O–H groups in total. The van der Waals surface area contributed by atoms with Crippen LogP contribution in [0.4, 0.5) is 10.9 Å². The fraction of sp³-hybridized carbons (Fsp3) is 0.480. The van der Waals surface area contributed by atoms with Crippen LogP contribution in [0.2, 0.25) is 0 Å². The van der Waals surface area contributed by atoms with Gasteiger partial charge in [-0.05, 0) is 68.7 Å². The van der Waals surface area contributed by atoms with Crippen LogP contribution < -0.4 is 10.6 Å². The van der Waals surface area contributed by atoms with Gasteiger partial charge in [-0.25, -0.2) is 0 Å². The third-order valence-electron chi connectivity index (χ3n) is 6.57. The first-order valence-electron chi connectivity index (χ1n) is 12.4. The molecule has 2 unspecified atom stereocenters. The van der Waals surface area contributed by atoms with E-state index in [0.717, 1.165) is 55.8 Å². The molecule has 0 aromatic carbocycles. The molecule has 2 aliphatic rings. The second kappa shape index (κ2) is 11.6. The monoisotopic (exact) mass is 507 g/mol. The minimum Gasteiger partial charge on any atom is -0.378 e. The van der Waals surface area contributed by atoms with Crippen molar-refractivity contribution in [1.29, 1.82) is 0 Å². The summed E-state index contributed by atoms with van der Waals surface area (Å²) < 4.78 is 5.53. The molecule has 0 spiro atoms. The Balaban J connectivity index is 1.07. The van der Waals surface area contributed by atoms with E-state index in [2.05, 4.69) is 36.0 Å². The average Bonchev–Trinajstić information content (AvgIpc) is 3.64. The van der Waals surface area contributed by atoms with Gasteiger partial charge in [0.05, 0.1) is 24.6 Å². The van der Waals surface area contributed by atoms with E-state index in [9.17, 15) is 9.59 Å². The molecule has 1 saturated carbocycles. The standard InChI is InChI=1S/C25H29N7O3S/c33-22(14-18-4-1-2-10-26-18)27-21-9-8-19(29-30-21)13-16-6-7-17(12-16)24-31-32-25(36-24)28-23(34)15-20-5-3-11-35-20/h1-2,4,8-10,16-17,20H,3,5-7,11-15H2,(H,27,30,33)(H,28,32,34)/t16?,17?,20-/m1/s1. The second-order valence-corrected chi connectivity index (χ2v) is 10.4. The van der Waals surface area contributed by atoms with Gasteiger partial charge in [0.2, 0.25) is 16.9 Å². The highest BCUT2D eigenvalue weighted by molar-refractivity contribution is 7.15. The molecule has 10 nitrogen and oxygen atoms in total. The molecule has 2 fully saturated rings. The van der Waals surface area contributed by atoms with Crippen LogP contribution in [0.1, 0.15) is 60.8 Å². The minimum atomic E-state index is -0.172. The Hall–Kier alpha value is -3.31. The van der Waals surface area contributed by atoms with Crippen molar-refractivity contribution in [2.45, 2.75) is 63.4 Å². The average molecular weight is 508 g/mol. The van der Waals surface area contributed by atoms with Gasteiger partial charge in [0, 0.05) is 24.4 Å². The van der Waals surface area contributed by atoms with E-state index >= 15 is 0 Å². The highest BCUT2D eigenvalue weighted by Gasteiger charge is 2.29. The highest BCUT2D eigenvalue weighted by Crippen LogP contribution is 2.41. The third-order valence-corrected chi connectivity index (χ3v) is 7.57. The maximum atomic E-state index is 12.2. The molecular formula is C25H29N7O3S. The van der Waals surface area contributed by atoms with Crippen LogP contribution in [0.15, 0.2) is 36.5 Å². The zero-order chi connectivity index (χ0) is 24.7. The Morgan fingerprint density at radius 2 is 1.92 bits per heavy atom. The van der Waals surface area contributed by atoms with E-state index in [1.165, 1.54) is 11.3 Å². The molecule has 11 heteroatoms. The van der Waals surface area contributed by atoms with Gasteiger partial charge in [-0.1, -0.05) is 17.4 Å². The quantitative estimate of drug-likeness (QED) is 0.450. The molecule has 3 aromatic heterocycles. The highest BCUT2D eigenvalue weighted by atomic mass is 32.1. The summed E-state index contributed by atoms with van der Waals surface area (Å²) in [6.07, 6.45) is 8.15. The Morgan fingerprint density at radius 3 is 2.69 bits per heavy atom. The van der Waals surface area contributed by atoms with Crippen LogP contribution >= 0.6 is 11.3 Å². The van der Waals surface area contributed by atoms with Gasteiger partial charge in [0.25, 0.3) is 0 Å². The summed E-state index contributed by atoms with van der Waals surface area (Å²) in [6, 6.07) is 9.20. The van der Waals surface area contributed by atoms with Crippen LogP contribution in [-0.4, -0.2) is 49.9 Å². The molecule has 3 atom stereocenters. The van der Waals surface area contributed by atoms with Crippen LogP contribution in [-0.2, 0) is 27.2 Å². The lowest BCUT2D eigenvalue weighted by molar-refractivity contribution is -0.118. The predicted octanol–water partition coefficient (Wildman–Crippen LogP) is 3.54. The van der Waals surface area contributed by atoms with E-state index in [1.807, 2.05) is 24.3 Å². The number of hydrogen-bond acceptors (Lipinski definition) is 9. The number of rotatable bonds is 9. The van der Waals surface area contributed by atoms with Crippen molar-refractivity contribution in [3.05, 3.63) is 52.9 Å². The van der Waals surface area contributed by atoms with E-state index in [-0.39, 0.29) is 24.3 Å². The molecule has 3 aromatic rings. The molecule has 1 aliphatic carbocycles. The second-order valence-electron chi connectivity index (χ2n) is 9.37. The number of anilines is 2. The molecule has 4 heterocycles. The maximum absolute atomic E-state index is 12.2. The van der Waals surface area contributed by atoms with Crippen molar-refractivity contribution in [3.8, 4) is 0 Å². The predicted molar refractivity (Wildman–Crippen MR) is 135 cm³/mol. The molecule has 1 saturated heterocycles. The number of nitrogens with zero attached hydrogens (tertiary/aromatic N) is 5.